The molecule has 1 N–H and O–H groups in total. The summed E-state index contributed by atoms with van der Waals surface area (Å²) < 4.78 is 28.4. The Kier molecular flexibility index (Phi) is 6.84. The van der Waals surface area contributed by atoms with E-state index in [1.807, 2.05) is 4.90 Å². The van der Waals surface area contributed by atoms with Crippen LogP contribution in [0.25, 0.3) is 0 Å². The van der Waals surface area contributed by atoms with E-state index in [1.54, 1.807) is 24.3 Å². The van der Waals surface area contributed by atoms with Gasteiger partial charge in [0.15, 0.2) is 9.84 Å². The van der Waals surface area contributed by atoms with Gasteiger partial charge >= 0.3 is 0 Å². The van der Waals surface area contributed by atoms with Gasteiger partial charge in [0.2, 0.25) is 5.91 Å². The number of rotatable bonds is 7. The SMILES string of the molecule is CC1NCCN(C(=O)CCCCOc2ccc(S(C)(=O)=O)cc2)C1C. The molecule has 1 heterocycles. The minimum Gasteiger partial charge on any atom is -0.494 e. The second-order valence-electron chi connectivity index (χ2n) is 6.62. The molecule has 0 radical (unpaired) electrons. The monoisotopic (exact) mass is 368 g/mol. The zero-order valence-corrected chi connectivity index (χ0v) is 16.0. The van der Waals surface area contributed by atoms with Crippen molar-refractivity contribution in [2.24, 2.45) is 0 Å². The van der Waals surface area contributed by atoms with Crippen molar-refractivity contribution in [2.45, 2.75) is 50.1 Å². The largest absolute Gasteiger partial charge is 0.494 e. The first-order valence-electron chi connectivity index (χ1n) is 8.75. The first-order valence-corrected chi connectivity index (χ1v) is 10.6. The Bertz CT molecular complexity index is 673. The summed E-state index contributed by atoms with van der Waals surface area (Å²) in [4.78, 5) is 14.6. The number of benzene rings is 1. The smallest absolute Gasteiger partial charge is 0.222 e. The molecule has 2 rings (SSSR count). The lowest BCUT2D eigenvalue weighted by atomic mass is 10.1. The molecule has 2 atom stereocenters. The Hall–Kier alpha value is -1.60. The Balaban J connectivity index is 1.68. The van der Waals surface area contributed by atoms with Crippen molar-refractivity contribution in [3.8, 4) is 5.75 Å². The fraction of sp³-hybridized carbons (Fsp3) is 0.611. The van der Waals surface area contributed by atoms with Crippen LogP contribution in [0.5, 0.6) is 5.75 Å². The number of sulfone groups is 1. The average Bonchev–Trinajstić information content (AvgIpc) is 2.56. The first-order chi connectivity index (χ1) is 11.8. The van der Waals surface area contributed by atoms with Gasteiger partial charge < -0.3 is 15.0 Å². The van der Waals surface area contributed by atoms with E-state index in [4.69, 9.17) is 4.74 Å². The highest BCUT2D eigenvalue weighted by molar-refractivity contribution is 7.90. The summed E-state index contributed by atoms with van der Waals surface area (Å²) in [5, 5.41) is 3.37. The number of hydrogen-bond donors (Lipinski definition) is 1. The van der Waals surface area contributed by atoms with E-state index in [-0.39, 0.29) is 16.8 Å². The molecule has 7 heteroatoms. The number of ether oxygens (including phenoxy) is 1. The summed E-state index contributed by atoms with van der Waals surface area (Å²) in [7, 11) is -3.18. The minimum atomic E-state index is -3.18. The van der Waals surface area contributed by atoms with Crippen LogP contribution in [0.4, 0.5) is 0 Å². The first kappa shape index (κ1) is 19.7. The zero-order valence-electron chi connectivity index (χ0n) is 15.2. The maximum Gasteiger partial charge on any atom is 0.222 e. The average molecular weight is 368 g/mol. The molecular formula is C18H28N2O4S. The fourth-order valence-corrected chi connectivity index (χ4v) is 3.53. The summed E-state index contributed by atoms with van der Waals surface area (Å²) in [6.07, 6.45) is 3.29. The predicted molar refractivity (Wildman–Crippen MR) is 97.5 cm³/mol. The molecule has 140 valence electrons. The van der Waals surface area contributed by atoms with Gasteiger partial charge in [0.1, 0.15) is 5.75 Å². The van der Waals surface area contributed by atoms with Crippen LogP contribution < -0.4 is 10.1 Å². The van der Waals surface area contributed by atoms with Crippen LogP contribution in [-0.2, 0) is 14.6 Å². The summed E-state index contributed by atoms with van der Waals surface area (Å²) >= 11 is 0. The van der Waals surface area contributed by atoms with E-state index in [2.05, 4.69) is 19.2 Å². The number of hydrogen-bond acceptors (Lipinski definition) is 5. The topological polar surface area (TPSA) is 75.7 Å². The number of nitrogens with zero attached hydrogens (tertiary/aromatic N) is 1. The molecule has 1 fully saturated rings. The molecule has 0 aromatic heterocycles. The lowest BCUT2D eigenvalue weighted by Gasteiger charge is -2.38. The van der Waals surface area contributed by atoms with E-state index in [1.165, 1.54) is 6.26 Å². The van der Waals surface area contributed by atoms with E-state index in [0.717, 1.165) is 25.9 Å². The van der Waals surface area contributed by atoms with Crippen LogP contribution in [0.2, 0.25) is 0 Å². The number of piperazine rings is 1. The molecule has 1 amide bonds. The maximum atomic E-state index is 12.3. The van der Waals surface area contributed by atoms with E-state index >= 15 is 0 Å². The Morgan fingerprint density at radius 2 is 1.92 bits per heavy atom. The molecule has 25 heavy (non-hydrogen) atoms. The van der Waals surface area contributed by atoms with Crippen LogP contribution in [0, 0.1) is 0 Å². The normalized spacial score (nSPS) is 21.2. The van der Waals surface area contributed by atoms with Crippen molar-refractivity contribution in [1.29, 1.82) is 0 Å². The summed E-state index contributed by atoms with van der Waals surface area (Å²) in [6.45, 7) is 6.32. The third kappa shape index (κ3) is 5.71. The van der Waals surface area contributed by atoms with Gasteiger partial charge in [-0.05, 0) is 51.0 Å². The Labute approximate surface area is 150 Å². The quantitative estimate of drug-likeness (QED) is 0.744. The molecule has 0 bridgehead atoms. The standard InChI is InChI=1S/C18H28N2O4S/c1-14-15(2)20(12-11-19-14)18(21)6-4-5-13-24-16-7-9-17(10-8-16)25(3,22)23/h7-10,14-15,19H,4-6,11-13H2,1-3H3. The van der Waals surface area contributed by atoms with Gasteiger partial charge in [-0.2, -0.15) is 0 Å². The molecule has 1 aromatic carbocycles. The number of carbonyl (C=O) groups is 1. The van der Waals surface area contributed by atoms with Crippen LogP contribution in [0.3, 0.4) is 0 Å². The van der Waals surface area contributed by atoms with Gasteiger partial charge in [-0.1, -0.05) is 0 Å². The minimum absolute atomic E-state index is 0.207. The highest BCUT2D eigenvalue weighted by Crippen LogP contribution is 2.16. The molecule has 0 spiro atoms. The summed E-state index contributed by atoms with van der Waals surface area (Å²) in [6, 6.07) is 6.96. The van der Waals surface area contributed by atoms with Gasteiger partial charge in [0.25, 0.3) is 0 Å². The van der Waals surface area contributed by atoms with Gasteiger partial charge in [-0.3, -0.25) is 4.79 Å². The second-order valence-corrected chi connectivity index (χ2v) is 8.64. The summed E-state index contributed by atoms with van der Waals surface area (Å²) in [5.41, 5.74) is 0. The van der Waals surface area contributed by atoms with Crippen LogP contribution in [0.1, 0.15) is 33.1 Å². The number of unbranched alkanes of at least 4 members (excludes halogenated alkanes) is 1. The Morgan fingerprint density at radius 1 is 1.24 bits per heavy atom. The molecule has 1 aliphatic heterocycles. The number of amides is 1. The molecule has 0 saturated carbocycles. The highest BCUT2D eigenvalue weighted by Gasteiger charge is 2.27. The zero-order chi connectivity index (χ0) is 18.4. The van der Waals surface area contributed by atoms with E-state index < -0.39 is 9.84 Å². The number of carbonyl (C=O) groups excluding carboxylic acids is 1. The molecule has 2 unspecified atom stereocenters. The molecule has 6 nitrogen and oxygen atoms in total. The molecule has 1 saturated heterocycles. The van der Waals surface area contributed by atoms with Crippen molar-refractivity contribution in [3.05, 3.63) is 24.3 Å². The van der Waals surface area contributed by atoms with Crippen molar-refractivity contribution in [2.75, 3.05) is 26.0 Å². The number of nitrogens with one attached hydrogen (secondary N) is 1. The maximum absolute atomic E-state index is 12.3. The van der Waals surface area contributed by atoms with E-state index in [0.29, 0.717) is 24.8 Å². The third-order valence-corrected chi connectivity index (χ3v) is 5.79. The molecule has 1 aliphatic rings. The predicted octanol–water partition coefficient (Wildman–Crippen LogP) is 1.85. The highest BCUT2D eigenvalue weighted by atomic mass is 32.2. The van der Waals surface area contributed by atoms with Crippen molar-refractivity contribution in [3.63, 3.8) is 0 Å². The van der Waals surface area contributed by atoms with Crippen molar-refractivity contribution >= 4 is 15.7 Å². The fourth-order valence-electron chi connectivity index (χ4n) is 2.90. The van der Waals surface area contributed by atoms with Gasteiger partial charge in [-0.25, -0.2) is 8.42 Å². The van der Waals surface area contributed by atoms with Gasteiger partial charge in [-0.15, -0.1) is 0 Å². The van der Waals surface area contributed by atoms with Crippen LogP contribution >= 0.6 is 0 Å². The lowest BCUT2D eigenvalue weighted by molar-refractivity contribution is -0.135. The summed E-state index contributed by atoms with van der Waals surface area (Å²) in [5.74, 6) is 0.849. The van der Waals surface area contributed by atoms with Crippen LogP contribution in [-0.4, -0.2) is 57.3 Å². The van der Waals surface area contributed by atoms with Gasteiger partial charge in [0, 0.05) is 37.8 Å². The van der Waals surface area contributed by atoms with Crippen LogP contribution in [0.15, 0.2) is 29.2 Å². The van der Waals surface area contributed by atoms with E-state index in [9.17, 15) is 13.2 Å². The van der Waals surface area contributed by atoms with Crippen molar-refractivity contribution < 1.29 is 17.9 Å². The van der Waals surface area contributed by atoms with Crippen molar-refractivity contribution in [1.82, 2.24) is 10.2 Å². The third-order valence-electron chi connectivity index (χ3n) is 4.66. The molecule has 0 aliphatic carbocycles. The second kappa shape index (κ2) is 8.67. The molecule has 1 aromatic rings. The lowest BCUT2D eigenvalue weighted by Crippen LogP contribution is -2.57. The van der Waals surface area contributed by atoms with Gasteiger partial charge in [0.05, 0.1) is 11.5 Å². The Morgan fingerprint density at radius 3 is 2.56 bits per heavy atom. The molecular weight excluding hydrogens is 340 g/mol.